The topological polar surface area (TPSA) is 66.1 Å². The maximum absolute atomic E-state index is 13.3. The summed E-state index contributed by atoms with van der Waals surface area (Å²) in [6.45, 7) is 0.482. The molecular weight excluding hydrogens is 362 g/mol. The summed E-state index contributed by atoms with van der Waals surface area (Å²) in [5.41, 5.74) is 3.65. The second-order valence-corrected chi connectivity index (χ2v) is 6.92. The number of carbonyl (C=O) groups excluding carboxylic acids is 1. The van der Waals surface area contributed by atoms with E-state index >= 15 is 0 Å². The summed E-state index contributed by atoms with van der Waals surface area (Å²) < 4.78 is 0. The van der Waals surface area contributed by atoms with Crippen LogP contribution in [0.1, 0.15) is 17.0 Å². The monoisotopic (exact) mass is 379 g/mol. The van der Waals surface area contributed by atoms with E-state index in [1.165, 1.54) is 0 Å². The van der Waals surface area contributed by atoms with Crippen LogP contribution in [0.5, 0.6) is 0 Å². The number of fused-ring (bicyclic) bond motifs is 2. The highest BCUT2D eigenvalue weighted by Crippen LogP contribution is 2.38. The molecule has 5 heteroatoms. The highest BCUT2D eigenvalue weighted by molar-refractivity contribution is 6.35. The van der Waals surface area contributed by atoms with Gasteiger partial charge in [-0.1, -0.05) is 60.7 Å². The quantitative estimate of drug-likeness (QED) is 0.547. The summed E-state index contributed by atoms with van der Waals surface area (Å²) in [7, 11) is 0. The molecule has 1 aliphatic rings. The van der Waals surface area contributed by atoms with Crippen molar-refractivity contribution in [2.75, 3.05) is 4.90 Å². The molecule has 0 fully saturated rings. The van der Waals surface area contributed by atoms with Crippen molar-refractivity contribution >= 4 is 34.1 Å². The van der Waals surface area contributed by atoms with E-state index in [0.29, 0.717) is 28.8 Å². The number of rotatable bonds is 3. The SMILES string of the molecule is O=C1/C(=C\c2nc3ccccc3c(=O)[nH]2)c2ccccc2N1Cc1ccccc1. The Balaban J connectivity index is 1.60. The maximum atomic E-state index is 13.3. The molecule has 29 heavy (non-hydrogen) atoms. The highest BCUT2D eigenvalue weighted by Gasteiger charge is 2.32. The number of aromatic nitrogens is 2. The molecule has 0 atom stereocenters. The second-order valence-electron chi connectivity index (χ2n) is 6.92. The van der Waals surface area contributed by atoms with Gasteiger partial charge in [-0.05, 0) is 29.8 Å². The largest absolute Gasteiger partial charge is 0.306 e. The lowest BCUT2D eigenvalue weighted by atomic mass is 10.1. The highest BCUT2D eigenvalue weighted by atomic mass is 16.2. The number of aromatic amines is 1. The maximum Gasteiger partial charge on any atom is 0.259 e. The number of anilines is 1. The van der Waals surface area contributed by atoms with E-state index in [1.807, 2.05) is 60.7 Å². The molecule has 0 unspecified atom stereocenters. The van der Waals surface area contributed by atoms with Crippen LogP contribution >= 0.6 is 0 Å². The molecule has 1 aliphatic heterocycles. The molecule has 140 valence electrons. The van der Waals surface area contributed by atoms with Crippen molar-refractivity contribution in [2.45, 2.75) is 6.54 Å². The van der Waals surface area contributed by atoms with Crippen LogP contribution < -0.4 is 10.5 Å². The zero-order valence-corrected chi connectivity index (χ0v) is 15.5. The smallest absolute Gasteiger partial charge is 0.259 e. The zero-order chi connectivity index (χ0) is 19.8. The van der Waals surface area contributed by atoms with Crippen LogP contribution in [0.15, 0.2) is 83.7 Å². The van der Waals surface area contributed by atoms with Gasteiger partial charge < -0.3 is 9.88 Å². The average molecular weight is 379 g/mol. The number of nitrogens with zero attached hydrogens (tertiary/aromatic N) is 2. The molecule has 0 spiro atoms. The number of hydrogen-bond donors (Lipinski definition) is 1. The Hall–Kier alpha value is -3.99. The van der Waals surface area contributed by atoms with E-state index < -0.39 is 0 Å². The van der Waals surface area contributed by atoms with Crippen LogP contribution in [0.25, 0.3) is 22.6 Å². The third-order valence-corrected chi connectivity index (χ3v) is 5.06. The van der Waals surface area contributed by atoms with E-state index in [-0.39, 0.29) is 11.5 Å². The number of hydrogen-bond acceptors (Lipinski definition) is 3. The number of nitrogens with one attached hydrogen (secondary N) is 1. The second kappa shape index (κ2) is 6.87. The first-order valence-corrected chi connectivity index (χ1v) is 9.37. The predicted octanol–water partition coefficient (Wildman–Crippen LogP) is 4.01. The van der Waals surface area contributed by atoms with Gasteiger partial charge in [0.1, 0.15) is 5.82 Å². The number of carbonyl (C=O) groups is 1. The molecule has 3 aromatic carbocycles. The molecule has 1 amide bonds. The van der Waals surface area contributed by atoms with Gasteiger partial charge >= 0.3 is 0 Å². The molecule has 0 aliphatic carbocycles. The lowest BCUT2D eigenvalue weighted by Crippen LogP contribution is -2.25. The third kappa shape index (κ3) is 3.02. The van der Waals surface area contributed by atoms with Crippen molar-refractivity contribution in [2.24, 2.45) is 0 Å². The molecular formula is C24H17N3O2. The van der Waals surface area contributed by atoms with Gasteiger partial charge in [-0.25, -0.2) is 4.98 Å². The summed E-state index contributed by atoms with van der Waals surface area (Å²) in [5.74, 6) is 0.263. The van der Waals surface area contributed by atoms with Crippen molar-refractivity contribution in [3.63, 3.8) is 0 Å². The average Bonchev–Trinajstić information content (AvgIpc) is 3.01. The van der Waals surface area contributed by atoms with Crippen molar-refractivity contribution < 1.29 is 4.79 Å². The normalized spacial score (nSPS) is 14.6. The van der Waals surface area contributed by atoms with Gasteiger partial charge in [0.25, 0.3) is 11.5 Å². The molecule has 0 saturated heterocycles. The Morgan fingerprint density at radius 1 is 0.862 bits per heavy atom. The Kier molecular flexibility index (Phi) is 4.06. The van der Waals surface area contributed by atoms with Crippen molar-refractivity contribution in [3.05, 3.63) is 106 Å². The zero-order valence-electron chi connectivity index (χ0n) is 15.5. The van der Waals surface area contributed by atoms with Gasteiger partial charge in [0.05, 0.1) is 28.7 Å². The fourth-order valence-corrected chi connectivity index (χ4v) is 3.68. The first kappa shape index (κ1) is 17.1. The van der Waals surface area contributed by atoms with Gasteiger partial charge in [-0.15, -0.1) is 0 Å². The summed E-state index contributed by atoms with van der Waals surface area (Å²) >= 11 is 0. The van der Waals surface area contributed by atoms with Gasteiger partial charge in [0.2, 0.25) is 0 Å². The molecule has 1 N–H and O–H groups in total. The van der Waals surface area contributed by atoms with Gasteiger partial charge in [0.15, 0.2) is 0 Å². The summed E-state index contributed by atoms with van der Waals surface area (Å²) in [6.07, 6.45) is 1.67. The first-order valence-electron chi connectivity index (χ1n) is 9.37. The molecule has 0 bridgehead atoms. The van der Waals surface area contributed by atoms with Crippen LogP contribution in [-0.4, -0.2) is 15.9 Å². The lowest BCUT2D eigenvalue weighted by Gasteiger charge is -2.17. The molecule has 5 nitrogen and oxygen atoms in total. The van der Waals surface area contributed by atoms with E-state index in [9.17, 15) is 9.59 Å². The lowest BCUT2D eigenvalue weighted by molar-refractivity contribution is -0.113. The van der Waals surface area contributed by atoms with Crippen LogP contribution in [-0.2, 0) is 11.3 Å². The summed E-state index contributed by atoms with van der Waals surface area (Å²) in [6, 6.07) is 24.7. The predicted molar refractivity (Wildman–Crippen MR) is 114 cm³/mol. The van der Waals surface area contributed by atoms with Gasteiger partial charge in [-0.3, -0.25) is 9.59 Å². The minimum Gasteiger partial charge on any atom is -0.306 e. The summed E-state index contributed by atoms with van der Waals surface area (Å²) in [4.78, 5) is 34.7. The standard InChI is InChI=1S/C24H17N3O2/c28-23-18-11-4-6-12-20(18)25-22(26-23)14-19-17-10-5-7-13-21(17)27(24(19)29)15-16-8-2-1-3-9-16/h1-14H,15H2,(H,25,26,28)/b19-14-. The fraction of sp³-hybridized carbons (Fsp3) is 0.0417. The Morgan fingerprint density at radius 3 is 2.45 bits per heavy atom. The number of H-pyrrole nitrogens is 1. The number of amides is 1. The van der Waals surface area contributed by atoms with Crippen LogP contribution in [0, 0.1) is 0 Å². The minimum absolute atomic E-state index is 0.106. The van der Waals surface area contributed by atoms with E-state index in [0.717, 1.165) is 16.8 Å². The van der Waals surface area contributed by atoms with Gasteiger partial charge in [-0.2, -0.15) is 0 Å². The molecule has 5 rings (SSSR count). The van der Waals surface area contributed by atoms with Crippen molar-refractivity contribution in [1.82, 2.24) is 9.97 Å². The Morgan fingerprint density at radius 2 is 1.59 bits per heavy atom. The molecule has 4 aromatic rings. The van der Waals surface area contributed by atoms with E-state index in [2.05, 4.69) is 9.97 Å². The number of benzene rings is 3. The molecule has 0 radical (unpaired) electrons. The van der Waals surface area contributed by atoms with Crippen LogP contribution in [0.2, 0.25) is 0 Å². The molecule has 1 aromatic heterocycles. The van der Waals surface area contributed by atoms with E-state index in [4.69, 9.17) is 0 Å². The molecule has 2 heterocycles. The first-order chi connectivity index (χ1) is 14.2. The number of para-hydroxylation sites is 2. The van der Waals surface area contributed by atoms with Crippen molar-refractivity contribution in [1.29, 1.82) is 0 Å². The molecule has 0 saturated carbocycles. The van der Waals surface area contributed by atoms with Gasteiger partial charge in [0, 0.05) is 5.56 Å². The van der Waals surface area contributed by atoms with Crippen LogP contribution in [0.4, 0.5) is 5.69 Å². The summed E-state index contributed by atoms with van der Waals surface area (Å²) in [5, 5.41) is 0.526. The van der Waals surface area contributed by atoms with Crippen molar-refractivity contribution in [3.8, 4) is 0 Å². The van der Waals surface area contributed by atoms with Crippen LogP contribution in [0.3, 0.4) is 0 Å². The fourth-order valence-electron chi connectivity index (χ4n) is 3.68. The third-order valence-electron chi connectivity index (χ3n) is 5.06. The Labute approximate surface area is 167 Å². The minimum atomic E-state index is -0.220. The Bertz CT molecular complexity index is 1320. The van der Waals surface area contributed by atoms with E-state index in [1.54, 1.807) is 29.2 Å².